The zero-order valence-electron chi connectivity index (χ0n) is 9.13. The Hall–Kier alpha value is -1.08. The summed E-state index contributed by atoms with van der Waals surface area (Å²) in [6, 6.07) is 3.42. The minimum absolute atomic E-state index is 0.144. The quantitative estimate of drug-likeness (QED) is 0.830. The van der Waals surface area contributed by atoms with Gasteiger partial charge in [0.25, 0.3) is 0 Å². The van der Waals surface area contributed by atoms with Crippen LogP contribution in [0, 0.1) is 0 Å². The van der Waals surface area contributed by atoms with E-state index in [1.165, 1.54) is 18.4 Å². The van der Waals surface area contributed by atoms with E-state index in [9.17, 15) is 18.0 Å². The van der Waals surface area contributed by atoms with E-state index in [1.807, 2.05) is 0 Å². The highest BCUT2D eigenvalue weighted by molar-refractivity contribution is 7.12. The smallest absolute Gasteiger partial charge is 0.401 e. The van der Waals surface area contributed by atoms with Crippen molar-refractivity contribution in [2.75, 3.05) is 13.7 Å². The Morgan fingerprint density at radius 2 is 2.06 bits per heavy atom. The molecule has 0 amide bonds. The molecule has 0 saturated carbocycles. The molecule has 0 radical (unpaired) electrons. The number of nitrogens with one attached hydrogen (secondary N) is 1. The Balaban J connectivity index is 2.38. The maximum absolute atomic E-state index is 11.9. The van der Waals surface area contributed by atoms with Crippen LogP contribution in [0.15, 0.2) is 12.1 Å². The van der Waals surface area contributed by atoms with Crippen LogP contribution < -0.4 is 5.32 Å². The van der Waals surface area contributed by atoms with Crippen molar-refractivity contribution in [3.05, 3.63) is 21.9 Å². The first-order valence-electron chi connectivity index (χ1n) is 4.82. The lowest BCUT2D eigenvalue weighted by Crippen LogP contribution is -2.27. The number of methoxy groups -OCH3 is 1. The lowest BCUT2D eigenvalue weighted by atomic mass is 10.3. The second-order valence-corrected chi connectivity index (χ2v) is 4.59. The van der Waals surface area contributed by atoms with Crippen LogP contribution in [0.5, 0.6) is 0 Å². The van der Waals surface area contributed by atoms with Crippen molar-refractivity contribution in [1.29, 1.82) is 0 Å². The molecule has 7 heteroatoms. The number of hydrogen-bond donors (Lipinski definition) is 1. The van der Waals surface area contributed by atoms with Crippen molar-refractivity contribution in [2.45, 2.75) is 19.1 Å². The number of hydrogen-bond acceptors (Lipinski definition) is 4. The van der Waals surface area contributed by atoms with Crippen molar-refractivity contribution < 1.29 is 22.7 Å². The molecule has 0 aliphatic carbocycles. The first-order valence-corrected chi connectivity index (χ1v) is 5.64. The number of ether oxygens (including phenoxy) is 1. The van der Waals surface area contributed by atoms with Gasteiger partial charge in [-0.3, -0.25) is 4.79 Å². The fourth-order valence-corrected chi connectivity index (χ4v) is 2.13. The molecular weight excluding hydrogens is 255 g/mol. The van der Waals surface area contributed by atoms with Gasteiger partial charge in [0.2, 0.25) is 0 Å². The highest BCUT2D eigenvalue weighted by atomic mass is 32.1. The first-order chi connectivity index (χ1) is 7.90. The SMILES string of the molecule is COC(=O)Cc1ccc(CNCC(F)(F)F)s1. The number of rotatable bonds is 5. The highest BCUT2D eigenvalue weighted by Crippen LogP contribution is 2.18. The lowest BCUT2D eigenvalue weighted by Gasteiger charge is -2.06. The average Bonchev–Trinajstić information content (AvgIpc) is 2.63. The van der Waals surface area contributed by atoms with Crippen LogP contribution in [-0.2, 0) is 22.5 Å². The molecule has 1 aromatic heterocycles. The minimum atomic E-state index is -4.20. The van der Waals surface area contributed by atoms with Crippen molar-refractivity contribution in [3.8, 4) is 0 Å². The molecule has 0 bridgehead atoms. The van der Waals surface area contributed by atoms with Gasteiger partial charge in [-0.05, 0) is 12.1 Å². The molecule has 0 atom stereocenters. The summed E-state index contributed by atoms with van der Waals surface area (Å²) in [7, 11) is 1.29. The van der Waals surface area contributed by atoms with E-state index in [4.69, 9.17) is 0 Å². The molecule has 1 aromatic rings. The summed E-state index contributed by atoms with van der Waals surface area (Å²) < 4.78 is 40.1. The zero-order valence-corrected chi connectivity index (χ0v) is 9.95. The topological polar surface area (TPSA) is 38.3 Å². The van der Waals surface area contributed by atoms with E-state index in [1.54, 1.807) is 12.1 Å². The standard InChI is InChI=1S/C10H12F3NO2S/c1-16-9(15)4-7-2-3-8(17-7)5-14-6-10(11,12)13/h2-3,14H,4-6H2,1H3. The second kappa shape index (κ2) is 6.02. The van der Waals surface area contributed by atoms with Crippen molar-refractivity contribution in [2.24, 2.45) is 0 Å². The maximum Gasteiger partial charge on any atom is 0.401 e. The molecule has 0 unspecified atom stereocenters. The molecule has 0 fully saturated rings. The predicted molar refractivity (Wildman–Crippen MR) is 57.8 cm³/mol. The number of esters is 1. The second-order valence-electron chi connectivity index (χ2n) is 3.34. The summed E-state index contributed by atoms with van der Waals surface area (Å²) in [5.41, 5.74) is 0. The van der Waals surface area contributed by atoms with Gasteiger partial charge in [0.15, 0.2) is 0 Å². The molecule has 1 rings (SSSR count). The molecule has 1 heterocycles. The van der Waals surface area contributed by atoms with Crippen molar-refractivity contribution >= 4 is 17.3 Å². The van der Waals surface area contributed by atoms with Crippen LogP contribution in [0.25, 0.3) is 0 Å². The van der Waals surface area contributed by atoms with E-state index in [-0.39, 0.29) is 18.9 Å². The predicted octanol–water partition coefficient (Wildman–Crippen LogP) is 2.12. The molecule has 96 valence electrons. The molecule has 17 heavy (non-hydrogen) atoms. The zero-order chi connectivity index (χ0) is 12.9. The molecule has 1 N–H and O–H groups in total. The summed E-state index contributed by atoms with van der Waals surface area (Å²) in [6.45, 7) is -0.872. The average molecular weight is 267 g/mol. The van der Waals surface area contributed by atoms with E-state index >= 15 is 0 Å². The molecular formula is C10H12F3NO2S. The van der Waals surface area contributed by atoms with Gasteiger partial charge in [0, 0.05) is 16.3 Å². The van der Waals surface area contributed by atoms with Gasteiger partial charge in [-0.25, -0.2) is 0 Å². The van der Waals surface area contributed by atoms with Gasteiger partial charge >= 0.3 is 12.1 Å². The third kappa shape index (κ3) is 5.69. The van der Waals surface area contributed by atoms with Crippen LogP contribution in [0.3, 0.4) is 0 Å². The fourth-order valence-electron chi connectivity index (χ4n) is 1.15. The highest BCUT2D eigenvalue weighted by Gasteiger charge is 2.26. The Morgan fingerprint density at radius 3 is 2.65 bits per heavy atom. The van der Waals surface area contributed by atoms with Gasteiger partial charge in [-0.15, -0.1) is 11.3 Å². The van der Waals surface area contributed by atoms with Gasteiger partial charge in [-0.2, -0.15) is 13.2 Å². The van der Waals surface area contributed by atoms with E-state index in [0.29, 0.717) is 0 Å². The molecule has 0 aliphatic heterocycles. The molecule has 0 aliphatic rings. The molecule has 3 nitrogen and oxygen atoms in total. The van der Waals surface area contributed by atoms with E-state index in [2.05, 4.69) is 10.1 Å². The minimum Gasteiger partial charge on any atom is -0.469 e. The van der Waals surface area contributed by atoms with Crippen molar-refractivity contribution in [1.82, 2.24) is 5.32 Å². The number of halogens is 3. The number of thiophene rings is 1. The fraction of sp³-hybridized carbons (Fsp3) is 0.500. The number of carbonyl (C=O) groups excluding carboxylic acids is 1. The maximum atomic E-state index is 11.9. The van der Waals surface area contributed by atoms with Gasteiger partial charge in [-0.1, -0.05) is 0 Å². The van der Waals surface area contributed by atoms with E-state index < -0.39 is 12.7 Å². The van der Waals surface area contributed by atoms with Crippen LogP contribution in [-0.4, -0.2) is 25.8 Å². The van der Waals surface area contributed by atoms with Crippen LogP contribution in [0.4, 0.5) is 13.2 Å². The number of alkyl halides is 3. The monoisotopic (exact) mass is 267 g/mol. The molecule has 0 saturated heterocycles. The summed E-state index contributed by atoms with van der Waals surface area (Å²) in [5, 5.41) is 2.29. The largest absolute Gasteiger partial charge is 0.469 e. The summed E-state index contributed by atoms with van der Waals surface area (Å²) in [5.74, 6) is -0.360. The summed E-state index contributed by atoms with van der Waals surface area (Å²) in [4.78, 5) is 12.5. The Morgan fingerprint density at radius 1 is 1.41 bits per heavy atom. The van der Waals surface area contributed by atoms with Crippen LogP contribution in [0.2, 0.25) is 0 Å². The Labute approximate surface area is 101 Å². The van der Waals surface area contributed by atoms with Gasteiger partial charge in [0.05, 0.1) is 20.1 Å². The van der Waals surface area contributed by atoms with Crippen molar-refractivity contribution in [3.63, 3.8) is 0 Å². The van der Waals surface area contributed by atoms with Crippen LogP contribution in [0.1, 0.15) is 9.75 Å². The van der Waals surface area contributed by atoms with Crippen LogP contribution >= 0.6 is 11.3 Å². The molecule has 0 spiro atoms. The first kappa shape index (κ1) is 14.0. The van der Waals surface area contributed by atoms with Gasteiger partial charge in [0.1, 0.15) is 0 Å². The third-order valence-corrected chi connectivity index (χ3v) is 2.97. The normalized spacial score (nSPS) is 11.5. The lowest BCUT2D eigenvalue weighted by molar-refractivity contribution is -0.139. The Bertz CT molecular complexity index is 376. The third-order valence-electron chi connectivity index (χ3n) is 1.89. The number of carbonyl (C=O) groups is 1. The molecule has 0 aromatic carbocycles. The summed E-state index contributed by atoms with van der Waals surface area (Å²) in [6.07, 6.45) is -4.05. The van der Waals surface area contributed by atoms with Gasteiger partial charge < -0.3 is 10.1 Å². The Kier molecular flexibility index (Phi) is 4.95. The summed E-state index contributed by atoms with van der Waals surface area (Å²) >= 11 is 1.30. The van der Waals surface area contributed by atoms with E-state index in [0.717, 1.165) is 9.75 Å².